The van der Waals surface area contributed by atoms with Crippen LogP contribution in [0.15, 0.2) is 249 Å². The first kappa shape index (κ1) is 40.9. The van der Waals surface area contributed by atoms with E-state index in [1.807, 2.05) is 11.3 Å². The Hall–Kier alpha value is -8.10. The third-order valence-electron chi connectivity index (χ3n) is 15.9. The molecular weight excluding hydrogens is 861 g/mol. The fraction of sp³-hybridized carbons (Fsp3) is 0.0725. The van der Waals surface area contributed by atoms with Gasteiger partial charge in [-0.05, 0) is 111 Å². The molecule has 0 aliphatic heterocycles. The molecule has 1 heteroatoms. The number of benzene rings is 10. The van der Waals surface area contributed by atoms with Crippen molar-refractivity contribution in [1.29, 1.82) is 0 Å². The highest BCUT2D eigenvalue weighted by Gasteiger charge is 2.54. The SMILES string of the molecule is CC1(C)c2ccccc2-c2ccc(C(c3ccc(-c4ccccc4)cc3)c3ccc(-c4ccc(-c5sc(-c6ccccc6)c6c5-c5ccccc5C65c6ccccc6-c6ccccc65)cc4)cc3)cc21. The Balaban J connectivity index is 0.863. The molecular formula is C69H48S. The quantitative estimate of drug-likeness (QED) is 0.140. The van der Waals surface area contributed by atoms with Gasteiger partial charge in [-0.25, -0.2) is 0 Å². The maximum atomic E-state index is 2.49. The molecule has 0 saturated carbocycles. The molecule has 0 bridgehead atoms. The second-order valence-corrected chi connectivity index (χ2v) is 20.9. The predicted molar refractivity (Wildman–Crippen MR) is 294 cm³/mol. The van der Waals surface area contributed by atoms with Gasteiger partial charge in [-0.3, -0.25) is 0 Å². The molecule has 1 spiro atoms. The predicted octanol–water partition coefficient (Wildman–Crippen LogP) is 18.2. The molecule has 0 N–H and O–H groups in total. The Morgan fingerprint density at radius 3 is 1.23 bits per heavy atom. The summed E-state index contributed by atoms with van der Waals surface area (Å²) in [6.07, 6.45) is 0. The molecule has 1 heterocycles. The zero-order valence-electron chi connectivity index (χ0n) is 39.2. The minimum atomic E-state index is -0.413. The van der Waals surface area contributed by atoms with E-state index in [0.717, 1.165) is 0 Å². The molecule has 3 aliphatic rings. The lowest BCUT2D eigenvalue weighted by Crippen LogP contribution is -2.26. The summed E-state index contributed by atoms with van der Waals surface area (Å²) < 4.78 is 0. The number of fused-ring (bicyclic) bond motifs is 13. The standard InChI is InChI=1S/C69H48S/c1-68(2)58-25-13-9-21-53(58)56-42-41-52(43-62(56)68)63(48-35-29-45(30-36-48)44-17-5-3-6-18-44)49-37-31-46(32-38-49)47-33-39-51(40-34-47)66-64-57-24-12-16-28-61(57)69(65(64)67(70-66)50-19-7-4-8-20-50)59-26-14-10-22-54(59)55-23-11-15-27-60(55)69/h3-43,63H,1-2H3. The number of thiophene rings is 1. The van der Waals surface area contributed by atoms with E-state index in [-0.39, 0.29) is 11.3 Å². The van der Waals surface area contributed by atoms with E-state index in [4.69, 9.17) is 0 Å². The van der Waals surface area contributed by atoms with Crippen molar-refractivity contribution in [2.45, 2.75) is 30.6 Å². The molecule has 10 aromatic carbocycles. The Bertz CT molecular complexity index is 3770. The first-order chi connectivity index (χ1) is 34.5. The second-order valence-electron chi connectivity index (χ2n) is 19.9. The van der Waals surface area contributed by atoms with Crippen LogP contribution in [0.3, 0.4) is 0 Å². The fourth-order valence-corrected chi connectivity index (χ4v) is 14.0. The van der Waals surface area contributed by atoms with Crippen molar-refractivity contribution in [2.24, 2.45) is 0 Å². The number of hydrogen-bond acceptors (Lipinski definition) is 1. The van der Waals surface area contributed by atoms with Crippen LogP contribution in [0.25, 0.3) is 76.5 Å². The molecule has 70 heavy (non-hydrogen) atoms. The zero-order valence-corrected chi connectivity index (χ0v) is 40.0. The van der Waals surface area contributed by atoms with Gasteiger partial charge in [0.1, 0.15) is 0 Å². The van der Waals surface area contributed by atoms with Crippen LogP contribution in [0.1, 0.15) is 69.8 Å². The smallest absolute Gasteiger partial charge is 0.0740 e. The van der Waals surface area contributed by atoms with Gasteiger partial charge in [-0.15, -0.1) is 11.3 Å². The average molecular weight is 909 g/mol. The molecule has 1 atom stereocenters. The third-order valence-corrected chi connectivity index (χ3v) is 17.2. The molecule has 3 aliphatic carbocycles. The van der Waals surface area contributed by atoms with Crippen molar-refractivity contribution in [3.63, 3.8) is 0 Å². The van der Waals surface area contributed by atoms with E-state index in [9.17, 15) is 0 Å². The maximum Gasteiger partial charge on any atom is 0.0740 e. The van der Waals surface area contributed by atoms with Crippen LogP contribution in [0.5, 0.6) is 0 Å². The summed E-state index contributed by atoms with van der Waals surface area (Å²) in [6, 6.07) is 93.4. The molecule has 1 aromatic heterocycles. The van der Waals surface area contributed by atoms with Crippen molar-refractivity contribution in [2.75, 3.05) is 0 Å². The van der Waals surface area contributed by atoms with Crippen molar-refractivity contribution in [3.05, 3.63) is 299 Å². The van der Waals surface area contributed by atoms with Gasteiger partial charge in [-0.2, -0.15) is 0 Å². The normalized spacial score (nSPS) is 14.3. The molecule has 0 radical (unpaired) electrons. The van der Waals surface area contributed by atoms with Crippen LogP contribution in [-0.2, 0) is 10.8 Å². The van der Waals surface area contributed by atoms with E-state index in [2.05, 4.69) is 263 Å². The first-order valence-electron chi connectivity index (χ1n) is 24.6. The van der Waals surface area contributed by atoms with E-state index >= 15 is 0 Å². The topological polar surface area (TPSA) is 0 Å². The Kier molecular flexibility index (Phi) is 9.19. The lowest BCUT2D eigenvalue weighted by atomic mass is 9.70. The number of hydrogen-bond donors (Lipinski definition) is 0. The molecule has 14 rings (SSSR count). The van der Waals surface area contributed by atoms with Gasteiger partial charge < -0.3 is 0 Å². The van der Waals surface area contributed by atoms with Crippen LogP contribution in [-0.4, -0.2) is 0 Å². The van der Waals surface area contributed by atoms with Gasteiger partial charge in [0, 0.05) is 26.7 Å². The molecule has 0 saturated heterocycles. The van der Waals surface area contributed by atoms with Crippen LogP contribution in [0.2, 0.25) is 0 Å². The van der Waals surface area contributed by atoms with Crippen LogP contribution < -0.4 is 0 Å². The largest absolute Gasteiger partial charge is 0.134 e. The van der Waals surface area contributed by atoms with Gasteiger partial charge >= 0.3 is 0 Å². The van der Waals surface area contributed by atoms with Crippen LogP contribution in [0.4, 0.5) is 0 Å². The number of rotatable bonds is 7. The highest BCUT2D eigenvalue weighted by molar-refractivity contribution is 7.19. The molecule has 0 fully saturated rings. The lowest BCUT2D eigenvalue weighted by Gasteiger charge is -2.31. The van der Waals surface area contributed by atoms with Crippen molar-refractivity contribution >= 4 is 11.3 Å². The van der Waals surface area contributed by atoms with Crippen molar-refractivity contribution in [1.82, 2.24) is 0 Å². The van der Waals surface area contributed by atoms with Crippen LogP contribution >= 0.6 is 11.3 Å². The Morgan fingerprint density at radius 2 is 0.671 bits per heavy atom. The highest BCUT2D eigenvalue weighted by Crippen LogP contribution is 2.68. The summed E-state index contributed by atoms with van der Waals surface area (Å²) in [7, 11) is 0. The summed E-state index contributed by atoms with van der Waals surface area (Å²) >= 11 is 1.95. The Labute approximate surface area is 414 Å². The summed E-state index contributed by atoms with van der Waals surface area (Å²) in [6.45, 7) is 4.75. The summed E-state index contributed by atoms with van der Waals surface area (Å²) in [5.74, 6) is 0.0655. The molecule has 11 aromatic rings. The van der Waals surface area contributed by atoms with E-state index < -0.39 is 5.41 Å². The highest BCUT2D eigenvalue weighted by atomic mass is 32.1. The molecule has 330 valence electrons. The maximum absolute atomic E-state index is 2.49. The molecule has 1 unspecified atom stereocenters. The van der Waals surface area contributed by atoms with Gasteiger partial charge in [0.15, 0.2) is 0 Å². The fourth-order valence-electron chi connectivity index (χ4n) is 12.7. The van der Waals surface area contributed by atoms with Gasteiger partial charge in [-0.1, -0.05) is 263 Å². The average Bonchev–Trinajstić information content (AvgIpc) is 4.13. The monoisotopic (exact) mass is 908 g/mol. The second kappa shape index (κ2) is 15.7. The van der Waals surface area contributed by atoms with Gasteiger partial charge in [0.05, 0.1) is 5.41 Å². The van der Waals surface area contributed by atoms with E-state index in [1.165, 1.54) is 127 Å². The minimum absolute atomic E-state index is 0.0655. The third kappa shape index (κ3) is 5.95. The molecule has 0 amide bonds. The first-order valence-corrected chi connectivity index (χ1v) is 25.4. The van der Waals surface area contributed by atoms with Gasteiger partial charge in [0.25, 0.3) is 0 Å². The summed E-state index contributed by atoms with van der Waals surface area (Å²) in [5.41, 5.74) is 27.2. The van der Waals surface area contributed by atoms with E-state index in [0.29, 0.717) is 0 Å². The van der Waals surface area contributed by atoms with E-state index in [1.54, 1.807) is 0 Å². The summed E-state index contributed by atoms with van der Waals surface area (Å²) in [5, 5.41) is 0. The Morgan fingerprint density at radius 1 is 0.300 bits per heavy atom. The molecule has 0 nitrogen and oxygen atoms in total. The van der Waals surface area contributed by atoms with Crippen LogP contribution in [0, 0.1) is 0 Å². The minimum Gasteiger partial charge on any atom is -0.134 e. The van der Waals surface area contributed by atoms with Crippen molar-refractivity contribution < 1.29 is 0 Å². The zero-order chi connectivity index (χ0) is 46.6. The summed E-state index contributed by atoms with van der Waals surface area (Å²) in [4.78, 5) is 2.66. The van der Waals surface area contributed by atoms with Crippen molar-refractivity contribution in [3.8, 4) is 76.5 Å². The lowest BCUT2D eigenvalue weighted by molar-refractivity contribution is 0.659. The van der Waals surface area contributed by atoms with Gasteiger partial charge in [0.2, 0.25) is 0 Å².